The van der Waals surface area contributed by atoms with E-state index in [1.54, 1.807) is 0 Å². The van der Waals surface area contributed by atoms with Gasteiger partial charge in [-0.1, -0.05) is 59.6 Å². The third-order valence-corrected chi connectivity index (χ3v) is 4.82. The van der Waals surface area contributed by atoms with E-state index in [0.717, 1.165) is 19.5 Å². The Morgan fingerprint density at radius 1 is 0.850 bits per heavy atom. The van der Waals surface area contributed by atoms with Crippen LogP contribution in [0.1, 0.15) is 29.4 Å². The molecule has 1 heterocycles. The van der Waals surface area contributed by atoms with E-state index in [-0.39, 0.29) is 0 Å². The van der Waals surface area contributed by atoms with Gasteiger partial charge in [0.2, 0.25) is 0 Å². The van der Waals surface area contributed by atoms with Crippen LogP contribution >= 0.6 is 23.2 Å². The van der Waals surface area contributed by atoms with Gasteiger partial charge in [0.15, 0.2) is 0 Å². The van der Waals surface area contributed by atoms with Gasteiger partial charge in [-0.15, -0.1) is 0 Å². The third-order valence-electron chi connectivity index (χ3n) is 4.08. The topological polar surface area (TPSA) is 12.0 Å². The van der Waals surface area contributed by atoms with Crippen LogP contribution in [0.5, 0.6) is 0 Å². The molecule has 1 N–H and O–H groups in total. The molecule has 3 rings (SSSR count). The molecule has 0 spiro atoms. The predicted molar refractivity (Wildman–Crippen MR) is 85.9 cm³/mol. The largest absolute Gasteiger partial charge is 0.316 e. The lowest BCUT2D eigenvalue weighted by atomic mass is 9.77. The minimum atomic E-state index is 0.488. The molecule has 2 aromatic rings. The summed E-state index contributed by atoms with van der Waals surface area (Å²) in [5.74, 6) is 0.982. The van der Waals surface area contributed by atoms with E-state index in [0.29, 0.717) is 21.9 Å². The van der Waals surface area contributed by atoms with Crippen molar-refractivity contribution in [1.82, 2.24) is 5.32 Å². The molecule has 1 nitrogen and oxygen atoms in total. The molecule has 2 atom stereocenters. The van der Waals surface area contributed by atoms with E-state index in [9.17, 15) is 0 Å². The van der Waals surface area contributed by atoms with Gasteiger partial charge >= 0.3 is 0 Å². The van der Waals surface area contributed by atoms with Gasteiger partial charge in [0.1, 0.15) is 0 Å². The number of halogens is 2. The summed E-state index contributed by atoms with van der Waals surface area (Å²) >= 11 is 12.2. The lowest BCUT2D eigenvalue weighted by Crippen LogP contribution is -2.34. The fraction of sp³-hybridized carbons (Fsp3) is 0.294. The smallest absolute Gasteiger partial charge is 0.0595 e. The van der Waals surface area contributed by atoms with Crippen molar-refractivity contribution in [2.75, 3.05) is 13.1 Å². The normalized spacial score (nSPS) is 22.7. The van der Waals surface area contributed by atoms with Gasteiger partial charge in [-0.2, -0.15) is 0 Å². The van der Waals surface area contributed by atoms with Crippen molar-refractivity contribution >= 4 is 23.2 Å². The van der Waals surface area contributed by atoms with E-state index in [1.165, 1.54) is 11.1 Å². The van der Waals surface area contributed by atoms with Crippen LogP contribution in [0.4, 0.5) is 0 Å². The second kappa shape index (κ2) is 6.17. The minimum Gasteiger partial charge on any atom is -0.316 e. The molecule has 3 heteroatoms. The molecule has 0 unspecified atom stereocenters. The molecule has 1 saturated heterocycles. The van der Waals surface area contributed by atoms with Crippen molar-refractivity contribution in [2.45, 2.75) is 18.3 Å². The zero-order valence-corrected chi connectivity index (χ0v) is 12.7. The van der Waals surface area contributed by atoms with Crippen molar-refractivity contribution in [3.63, 3.8) is 0 Å². The number of nitrogens with one attached hydrogen (secondary N) is 1. The summed E-state index contributed by atoms with van der Waals surface area (Å²) in [6.07, 6.45) is 1.12. The molecule has 1 fully saturated rings. The number of benzene rings is 2. The first-order chi connectivity index (χ1) is 9.75. The second-order valence-electron chi connectivity index (χ2n) is 5.29. The average Bonchev–Trinajstić information content (AvgIpc) is 2.51. The van der Waals surface area contributed by atoms with Gasteiger partial charge in [-0.3, -0.25) is 0 Å². The molecule has 0 bridgehead atoms. The van der Waals surface area contributed by atoms with E-state index < -0.39 is 0 Å². The average molecular weight is 306 g/mol. The molecular formula is C17H17Cl2N. The quantitative estimate of drug-likeness (QED) is 0.836. The van der Waals surface area contributed by atoms with E-state index in [1.807, 2.05) is 12.1 Å². The highest BCUT2D eigenvalue weighted by atomic mass is 35.5. The molecule has 1 aliphatic rings. The summed E-state index contributed by atoms with van der Waals surface area (Å²) in [6, 6.07) is 16.7. The number of rotatable bonds is 2. The van der Waals surface area contributed by atoms with Gasteiger partial charge in [-0.05, 0) is 42.1 Å². The van der Waals surface area contributed by atoms with Gasteiger partial charge in [0.25, 0.3) is 0 Å². The van der Waals surface area contributed by atoms with Gasteiger partial charge in [0.05, 0.1) is 10.0 Å². The van der Waals surface area contributed by atoms with Crippen LogP contribution < -0.4 is 5.32 Å². The molecule has 0 aromatic heterocycles. The van der Waals surface area contributed by atoms with Crippen molar-refractivity contribution in [3.8, 4) is 0 Å². The lowest BCUT2D eigenvalue weighted by Gasteiger charge is -2.33. The maximum Gasteiger partial charge on any atom is 0.0595 e. The second-order valence-corrected chi connectivity index (χ2v) is 6.10. The molecule has 0 aliphatic carbocycles. The summed E-state index contributed by atoms with van der Waals surface area (Å²) in [6.45, 7) is 2.06. The highest BCUT2D eigenvalue weighted by molar-refractivity contribution is 6.42. The Balaban J connectivity index is 1.94. The van der Waals surface area contributed by atoms with Gasteiger partial charge < -0.3 is 5.32 Å². The first kappa shape index (κ1) is 13.9. The van der Waals surface area contributed by atoms with Crippen molar-refractivity contribution < 1.29 is 0 Å². The zero-order valence-electron chi connectivity index (χ0n) is 11.2. The van der Waals surface area contributed by atoms with Crippen molar-refractivity contribution in [1.29, 1.82) is 0 Å². The first-order valence-electron chi connectivity index (χ1n) is 6.96. The van der Waals surface area contributed by atoms with Crippen LogP contribution in [0.15, 0.2) is 48.5 Å². The van der Waals surface area contributed by atoms with Crippen LogP contribution in [-0.4, -0.2) is 13.1 Å². The fourth-order valence-corrected chi connectivity index (χ4v) is 3.36. The Bertz CT molecular complexity index is 583. The van der Waals surface area contributed by atoms with E-state index >= 15 is 0 Å². The molecule has 104 valence electrons. The molecule has 0 saturated carbocycles. The lowest BCUT2D eigenvalue weighted by molar-refractivity contribution is 0.404. The first-order valence-corrected chi connectivity index (χ1v) is 7.72. The molecular weight excluding hydrogens is 289 g/mol. The molecule has 20 heavy (non-hydrogen) atoms. The Kier molecular flexibility index (Phi) is 4.30. The van der Waals surface area contributed by atoms with Gasteiger partial charge in [0, 0.05) is 12.5 Å². The maximum atomic E-state index is 6.18. The SMILES string of the molecule is Clc1ccc([C@@H]2CCNC[C@@H]2c2ccccc2)cc1Cl. The Morgan fingerprint density at radius 2 is 1.65 bits per heavy atom. The van der Waals surface area contributed by atoms with Crippen molar-refractivity contribution in [2.24, 2.45) is 0 Å². The van der Waals surface area contributed by atoms with E-state index in [4.69, 9.17) is 23.2 Å². The Morgan fingerprint density at radius 3 is 2.40 bits per heavy atom. The monoisotopic (exact) mass is 305 g/mol. The minimum absolute atomic E-state index is 0.488. The Labute approximate surface area is 129 Å². The predicted octanol–water partition coefficient (Wildman–Crippen LogP) is 4.85. The third kappa shape index (κ3) is 2.85. The van der Waals surface area contributed by atoms with E-state index in [2.05, 4.69) is 41.7 Å². The highest BCUT2D eigenvalue weighted by Gasteiger charge is 2.27. The summed E-state index contributed by atoms with van der Waals surface area (Å²) in [4.78, 5) is 0. The molecule has 2 aromatic carbocycles. The number of hydrogen-bond donors (Lipinski definition) is 1. The highest BCUT2D eigenvalue weighted by Crippen LogP contribution is 2.39. The van der Waals surface area contributed by atoms with Crippen LogP contribution in [0, 0.1) is 0 Å². The molecule has 0 radical (unpaired) electrons. The van der Waals surface area contributed by atoms with Gasteiger partial charge in [-0.25, -0.2) is 0 Å². The van der Waals surface area contributed by atoms with Crippen LogP contribution in [0.25, 0.3) is 0 Å². The Hall–Kier alpha value is -1.02. The number of hydrogen-bond acceptors (Lipinski definition) is 1. The fourth-order valence-electron chi connectivity index (χ4n) is 3.05. The van der Waals surface area contributed by atoms with Crippen LogP contribution in [0.3, 0.4) is 0 Å². The summed E-state index contributed by atoms with van der Waals surface area (Å²) in [5.41, 5.74) is 2.67. The zero-order chi connectivity index (χ0) is 13.9. The molecule has 1 aliphatic heterocycles. The summed E-state index contributed by atoms with van der Waals surface area (Å²) in [7, 11) is 0. The summed E-state index contributed by atoms with van der Waals surface area (Å²) in [5, 5.41) is 4.77. The molecule has 0 amide bonds. The standard InChI is InChI=1S/C17H17Cl2N/c18-16-7-6-13(10-17(16)19)14-8-9-20-11-15(14)12-4-2-1-3-5-12/h1-7,10,14-15,20H,8-9,11H2/t14-,15+/m0/s1. The van der Waals surface area contributed by atoms with Crippen molar-refractivity contribution in [3.05, 3.63) is 69.7 Å². The van der Waals surface area contributed by atoms with Crippen LogP contribution in [-0.2, 0) is 0 Å². The summed E-state index contributed by atoms with van der Waals surface area (Å²) < 4.78 is 0. The maximum absolute atomic E-state index is 6.18. The number of piperidine rings is 1. The van der Waals surface area contributed by atoms with Crippen LogP contribution in [0.2, 0.25) is 10.0 Å².